The number of hydrogen-bond acceptors (Lipinski definition) is 5. The molecule has 1 aromatic rings. The Morgan fingerprint density at radius 2 is 2.33 bits per heavy atom. The molecule has 1 aliphatic rings. The summed E-state index contributed by atoms with van der Waals surface area (Å²) in [5.74, 6) is 0. The third-order valence-corrected chi connectivity index (χ3v) is 4.46. The van der Waals surface area contributed by atoms with Crippen LogP contribution in [-0.2, 0) is 17.7 Å². The molecule has 5 nitrogen and oxygen atoms in total. The van der Waals surface area contributed by atoms with Crippen LogP contribution in [0.2, 0.25) is 0 Å². The largest absolute Gasteiger partial charge is 0.394 e. The van der Waals surface area contributed by atoms with Gasteiger partial charge in [0.25, 0.3) is 0 Å². The van der Waals surface area contributed by atoms with Gasteiger partial charge in [0.1, 0.15) is 0 Å². The number of aryl methyl sites for hydroxylation is 1. The number of hydrogen-bond donors (Lipinski definition) is 2. The number of pyridine rings is 1. The van der Waals surface area contributed by atoms with E-state index in [-0.39, 0.29) is 12.1 Å². The second kappa shape index (κ2) is 7.31. The van der Waals surface area contributed by atoms with Gasteiger partial charge in [-0.3, -0.25) is 9.88 Å². The van der Waals surface area contributed by atoms with Crippen molar-refractivity contribution in [1.82, 2.24) is 15.2 Å². The second-order valence-electron chi connectivity index (χ2n) is 5.97. The number of ether oxygens (including phenoxy) is 1. The first-order chi connectivity index (χ1) is 10.1. The summed E-state index contributed by atoms with van der Waals surface area (Å²) < 4.78 is 5.64. The minimum atomic E-state index is -0.339. The van der Waals surface area contributed by atoms with E-state index in [9.17, 15) is 5.11 Å². The fourth-order valence-electron chi connectivity index (χ4n) is 2.70. The molecule has 0 aliphatic carbocycles. The van der Waals surface area contributed by atoms with E-state index in [2.05, 4.69) is 48.2 Å². The summed E-state index contributed by atoms with van der Waals surface area (Å²) in [7, 11) is 2.06. The van der Waals surface area contributed by atoms with Gasteiger partial charge in [-0.05, 0) is 32.0 Å². The maximum absolute atomic E-state index is 9.82. The molecule has 21 heavy (non-hydrogen) atoms. The predicted molar refractivity (Wildman–Crippen MR) is 83.2 cm³/mol. The lowest BCUT2D eigenvalue weighted by Gasteiger charge is -2.47. The molecule has 0 bridgehead atoms. The molecule has 0 radical (unpaired) electrons. The molecule has 0 saturated carbocycles. The van der Waals surface area contributed by atoms with Crippen molar-refractivity contribution >= 4 is 0 Å². The highest BCUT2D eigenvalue weighted by Gasteiger charge is 2.39. The van der Waals surface area contributed by atoms with Gasteiger partial charge in [-0.2, -0.15) is 0 Å². The summed E-state index contributed by atoms with van der Waals surface area (Å²) in [6.07, 6.45) is 2.88. The van der Waals surface area contributed by atoms with Crippen molar-refractivity contribution in [2.75, 3.05) is 33.4 Å². The maximum atomic E-state index is 9.82. The normalized spacial score (nSPS) is 27.0. The van der Waals surface area contributed by atoms with Crippen LogP contribution in [0.3, 0.4) is 0 Å². The molecule has 1 fully saturated rings. The maximum Gasteiger partial charge on any atom is 0.0802 e. The van der Waals surface area contributed by atoms with Crippen LogP contribution in [-0.4, -0.2) is 60.0 Å². The van der Waals surface area contributed by atoms with Crippen molar-refractivity contribution in [3.8, 4) is 0 Å². The molecule has 2 atom stereocenters. The van der Waals surface area contributed by atoms with Gasteiger partial charge < -0.3 is 15.2 Å². The van der Waals surface area contributed by atoms with Crippen LogP contribution in [0.25, 0.3) is 0 Å². The van der Waals surface area contributed by atoms with Crippen LogP contribution in [0.15, 0.2) is 18.3 Å². The standard InChI is InChI=1S/C16H27N3O2/c1-4-15-6-5-14(8-18-15)7-17-10-16(11-20)12-21-9-13(2)19(16)3/h5-6,8,13,17,20H,4,7,9-12H2,1-3H3/t13-,16+/m1/s1. The topological polar surface area (TPSA) is 57.6 Å². The highest BCUT2D eigenvalue weighted by atomic mass is 16.5. The molecule has 5 heteroatoms. The monoisotopic (exact) mass is 293 g/mol. The Morgan fingerprint density at radius 3 is 2.95 bits per heavy atom. The van der Waals surface area contributed by atoms with Crippen LogP contribution >= 0.6 is 0 Å². The third kappa shape index (κ3) is 3.80. The van der Waals surface area contributed by atoms with E-state index < -0.39 is 0 Å². The van der Waals surface area contributed by atoms with E-state index in [1.165, 1.54) is 0 Å². The highest BCUT2D eigenvalue weighted by molar-refractivity contribution is 5.14. The lowest BCUT2D eigenvalue weighted by atomic mass is 9.96. The van der Waals surface area contributed by atoms with Crippen molar-refractivity contribution in [2.24, 2.45) is 0 Å². The lowest BCUT2D eigenvalue weighted by Crippen LogP contribution is -2.65. The number of aromatic nitrogens is 1. The van der Waals surface area contributed by atoms with Crippen LogP contribution in [0.5, 0.6) is 0 Å². The number of aliphatic hydroxyl groups excluding tert-OH is 1. The zero-order valence-corrected chi connectivity index (χ0v) is 13.3. The van der Waals surface area contributed by atoms with Crippen molar-refractivity contribution in [3.63, 3.8) is 0 Å². The number of aliphatic hydroxyl groups is 1. The first-order valence-electron chi connectivity index (χ1n) is 7.67. The van der Waals surface area contributed by atoms with Gasteiger partial charge in [0, 0.05) is 31.0 Å². The molecule has 1 aromatic heterocycles. The summed E-state index contributed by atoms with van der Waals surface area (Å²) in [6, 6.07) is 4.49. The molecule has 0 spiro atoms. The van der Waals surface area contributed by atoms with Gasteiger partial charge >= 0.3 is 0 Å². The second-order valence-corrected chi connectivity index (χ2v) is 5.97. The molecular formula is C16H27N3O2. The summed E-state index contributed by atoms with van der Waals surface area (Å²) in [6.45, 7) is 7.04. The Bertz CT molecular complexity index is 438. The molecule has 0 unspecified atom stereocenters. The summed E-state index contributed by atoms with van der Waals surface area (Å²) in [5, 5.41) is 13.3. The Labute approximate surface area is 127 Å². The van der Waals surface area contributed by atoms with Gasteiger partial charge in [-0.25, -0.2) is 0 Å². The van der Waals surface area contributed by atoms with Gasteiger partial charge in [-0.1, -0.05) is 13.0 Å². The molecule has 2 rings (SSSR count). The average molecular weight is 293 g/mol. The number of rotatable bonds is 6. The molecule has 2 N–H and O–H groups in total. The number of nitrogens with one attached hydrogen (secondary N) is 1. The van der Waals surface area contributed by atoms with Crippen molar-refractivity contribution in [1.29, 1.82) is 0 Å². The van der Waals surface area contributed by atoms with E-state index in [0.717, 1.165) is 30.8 Å². The lowest BCUT2D eigenvalue weighted by molar-refractivity contribution is -0.106. The van der Waals surface area contributed by atoms with Crippen molar-refractivity contribution < 1.29 is 9.84 Å². The van der Waals surface area contributed by atoms with Crippen LogP contribution < -0.4 is 5.32 Å². The van der Waals surface area contributed by atoms with Crippen molar-refractivity contribution in [3.05, 3.63) is 29.6 Å². The van der Waals surface area contributed by atoms with Crippen LogP contribution in [0.1, 0.15) is 25.1 Å². The summed E-state index contributed by atoms with van der Waals surface area (Å²) in [5.41, 5.74) is 1.93. The third-order valence-electron chi connectivity index (χ3n) is 4.46. The number of nitrogens with zero attached hydrogens (tertiary/aromatic N) is 2. The van der Waals surface area contributed by atoms with Gasteiger partial charge in [0.15, 0.2) is 0 Å². The summed E-state index contributed by atoms with van der Waals surface area (Å²) >= 11 is 0. The predicted octanol–water partition coefficient (Wildman–Crippen LogP) is 0.815. The van der Waals surface area contributed by atoms with Crippen LogP contribution in [0, 0.1) is 0 Å². The first kappa shape index (κ1) is 16.4. The molecule has 1 aliphatic heterocycles. The molecule has 118 valence electrons. The Morgan fingerprint density at radius 1 is 1.52 bits per heavy atom. The zero-order chi connectivity index (χ0) is 15.3. The molecule has 1 saturated heterocycles. The quantitative estimate of drug-likeness (QED) is 0.813. The molecular weight excluding hydrogens is 266 g/mol. The molecule has 0 amide bonds. The minimum Gasteiger partial charge on any atom is -0.394 e. The minimum absolute atomic E-state index is 0.0911. The van der Waals surface area contributed by atoms with E-state index in [0.29, 0.717) is 19.2 Å². The number of likely N-dealkylation sites (N-methyl/N-ethyl adjacent to an activating group) is 1. The first-order valence-corrected chi connectivity index (χ1v) is 7.67. The van der Waals surface area contributed by atoms with E-state index in [1.807, 2.05) is 6.20 Å². The van der Waals surface area contributed by atoms with Gasteiger partial charge in [0.2, 0.25) is 0 Å². The number of morpholine rings is 1. The molecule has 2 heterocycles. The molecule has 0 aromatic carbocycles. The van der Waals surface area contributed by atoms with Gasteiger partial charge in [0.05, 0.1) is 25.4 Å². The van der Waals surface area contributed by atoms with E-state index >= 15 is 0 Å². The Balaban J connectivity index is 1.90. The fourth-order valence-corrected chi connectivity index (χ4v) is 2.70. The fraction of sp³-hybridized carbons (Fsp3) is 0.688. The van der Waals surface area contributed by atoms with E-state index in [1.54, 1.807) is 0 Å². The smallest absolute Gasteiger partial charge is 0.0802 e. The van der Waals surface area contributed by atoms with Crippen LogP contribution in [0.4, 0.5) is 0 Å². The Kier molecular flexibility index (Phi) is 5.70. The summed E-state index contributed by atoms with van der Waals surface area (Å²) in [4.78, 5) is 6.63. The highest BCUT2D eigenvalue weighted by Crippen LogP contribution is 2.21. The average Bonchev–Trinajstić information content (AvgIpc) is 2.52. The SMILES string of the molecule is CCc1ccc(CNC[C@]2(CO)COC[C@@H](C)N2C)cn1. The van der Waals surface area contributed by atoms with E-state index in [4.69, 9.17) is 4.74 Å². The van der Waals surface area contributed by atoms with Crippen molar-refractivity contribution in [2.45, 2.75) is 38.4 Å². The zero-order valence-electron chi connectivity index (χ0n) is 13.3. The van der Waals surface area contributed by atoms with Gasteiger partial charge in [-0.15, -0.1) is 0 Å². The Hall–Kier alpha value is -1.01.